The molecule has 0 aliphatic rings. The number of aliphatic hydroxyl groups excluding tert-OH is 2. The van der Waals surface area contributed by atoms with Crippen LogP contribution in [0.1, 0.15) is 5.56 Å². The Kier molecular flexibility index (Phi) is 3.93. The van der Waals surface area contributed by atoms with Gasteiger partial charge in [0.2, 0.25) is 0 Å². The van der Waals surface area contributed by atoms with Crippen molar-refractivity contribution in [2.75, 3.05) is 0 Å². The Balaban J connectivity index is 2.69. The van der Waals surface area contributed by atoms with E-state index >= 15 is 0 Å². The first-order valence-electron chi connectivity index (χ1n) is 4.29. The summed E-state index contributed by atoms with van der Waals surface area (Å²) in [7, 11) is 0. The molecule has 0 heterocycles. The molecule has 0 aliphatic heterocycles. The number of aliphatic hydroxyl groups is 2. The van der Waals surface area contributed by atoms with Crippen LogP contribution in [0.25, 0.3) is 0 Å². The molecule has 1 aromatic rings. The zero-order valence-electron chi connectivity index (χ0n) is 7.72. The zero-order chi connectivity index (χ0) is 10.4. The second kappa shape index (κ2) is 5.23. The first kappa shape index (κ1) is 10.5. The maximum absolute atomic E-state index is 9.28. The van der Waals surface area contributed by atoms with Crippen LogP contribution in [-0.4, -0.2) is 22.4 Å². The van der Waals surface area contributed by atoms with Crippen LogP contribution in [0.15, 0.2) is 43.0 Å². The lowest BCUT2D eigenvalue weighted by molar-refractivity contribution is 0.0872. The fraction of sp³-hybridized carbons (Fsp3) is 0.167. The predicted molar refractivity (Wildman–Crippen MR) is 55.5 cm³/mol. The van der Waals surface area contributed by atoms with E-state index in [4.69, 9.17) is 5.11 Å². The predicted octanol–water partition coefficient (Wildman–Crippen LogP) is 0.946. The molecule has 0 unspecified atom stereocenters. The first-order chi connectivity index (χ1) is 6.74. The van der Waals surface area contributed by atoms with Crippen LogP contribution >= 0.6 is 0 Å². The van der Waals surface area contributed by atoms with Crippen LogP contribution in [0.2, 0.25) is 0 Å². The van der Waals surface area contributed by atoms with Crippen LogP contribution in [-0.2, 0) is 0 Å². The summed E-state index contributed by atoms with van der Waals surface area (Å²) in [5.41, 5.74) is 0.808. The Bertz CT molecular complexity index is 346. The average molecular weight is 188 g/mol. The normalized spacial score (nSPS) is 13.6. The van der Waals surface area contributed by atoms with Crippen molar-refractivity contribution in [3.63, 3.8) is 0 Å². The summed E-state index contributed by atoms with van der Waals surface area (Å²) >= 11 is 0. The lowest BCUT2D eigenvalue weighted by Gasteiger charge is -2.05. The van der Waals surface area contributed by atoms with Crippen LogP contribution in [0.4, 0.5) is 0 Å². The SMILES string of the molecule is C=C[C@@H](O)[C@H](O)C#Cc1ccccc1. The highest BCUT2D eigenvalue weighted by Crippen LogP contribution is 1.97. The molecule has 0 bridgehead atoms. The van der Waals surface area contributed by atoms with E-state index in [1.54, 1.807) is 0 Å². The van der Waals surface area contributed by atoms with Gasteiger partial charge in [-0.15, -0.1) is 6.58 Å². The third kappa shape index (κ3) is 3.06. The van der Waals surface area contributed by atoms with Gasteiger partial charge >= 0.3 is 0 Å². The summed E-state index contributed by atoms with van der Waals surface area (Å²) in [6.07, 6.45) is -0.816. The van der Waals surface area contributed by atoms with Crippen molar-refractivity contribution >= 4 is 0 Å². The maximum Gasteiger partial charge on any atom is 0.144 e. The minimum Gasteiger partial charge on any atom is -0.385 e. The van der Waals surface area contributed by atoms with Crippen LogP contribution in [0, 0.1) is 11.8 Å². The van der Waals surface area contributed by atoms with Crippen molar-refractivity contribution in [3.8, 4) is 11.8 Å². The molecule has 0 saturated heterocycles. The van der Waals surface area contributed by atoms with Crippen LogP contribution < -0.4 is 0 Å². The van der Waals surface area contributed by atoms with Gasteiger partial charge in [-0.25, -0.2) is 0 Å². The van der Waals surface area contributed by atoms with Gasteiger partial charge in [0, 0.05) is 5.56 Å². The van der Waals surface area contributed by atoms with E-state index in [0.29, 0.717) is 0 Å². The highest BCUT2D eigenvalue weighted by molar-refractivity contribution is 5.34. The zero-order valence-corrected chi connectivity index (χ0v) is 7.72. The van der Waals surface area contributed by atoms with Crippen molar-refractivity contribution in [2.45, 2.75) is 12.2 Å². The monoisotopic (exact) mass is 188 g/mol. The fourth-order valence-electron chi connectivity index (χ4n) is 0.893. The summed E-state index contributed by atoms with van der Waals surface area (Å²) in [4.78, 5) is 0. The second-order valence-electron chi connectivity index (χ2n) is 2.81. The molecule has 0 fully saturated rings. The van der Waals surface area contributed by atoms with Gasteiger partial charge in [-0.1, -0.05) is 36.1 Å². The van der Waals surface area contributed by atoms with Gasteiger partial charge in [0.05, 0.1) is 0 Å². The van der Waals surface area contributed by atoms with E-state index in [1.165, 1.54) is 6.08 Å². The molecule has 14 heavy (non-hydrogen) atoms. The van der Waals surface area contributed by atoms with Crippen molar-refractivity contribution in [3.05, 3.63) is 48.6 Å². The van der Waals surface area contributed by atoms with E-state index in [9.17, 15) is 5.11 Å². The molecular formula is C12H12O2. The van der Waals surface area contributed by atoms with Gasteiger partial charge in [-0.2, -0.15) is 0 Å². The highest BCUT2D eigenvalue weighted by atomic mass is 16.3. The molecule has 72 valence electrons. The third-order valence-electron chi connectivity index (χ3n) is 1.70. The van der Waals surface area contributed by atoms with Crippen molar-refractivity contribution in [2.24, 2.45) is 0 Å². The summed E-state index contributed by atoms with van der Waals surface area (Å²) in [6.45, 7) is 3.36. The van der Waals surface area contributed by atoms with E-state index in [-0.39, 0.29) is 0 Å². The van der Waals surface area contributed by atoms with Crippen molar-refractivity contribution < 1.29 is 10.2 Å². The summed E-state index contributed by atoms with van der Waals surface area (Å²) in [5.74, 6) is 5.29. The molecule has 0 aliphatic carbocycles. The molecule has 0 aromatic heterocycles. The third-order valence-corrected chi connectivity index (χ3v) is 1.70. The molecule has 2 atom stereocenters. The van der Waals surface area contributed by atoms with Crippen LogP contribution in [0.5, 0.6) is 0 Å². The molecule has 0 amide bonds. The molecular weight excluding hydrogens is 176 g/mol. The number of hydrogen-bond acceptors (Lipinski definition) is 2. The largest absolute Gasteiger partial charge is 0.385 e. The minimum atomic E-state index is -1.08. The van der Waals surface area contributed by atoms with Crippen LogP contribution in [0.3, 0.4) is 0 Å². The van der Waals surface area contributed by atoms with Gasteiger partial charge in [0.1, 0.15) is 12.2 Å². The van der Waals surface area contributed by atoms with Crippen molar-refractivity contribution in [1.82, 2.24) is 0 Å². The smallest absolute Gasteiger partial charge is 0.144 e. The Morgan fingerprint density at radius 3 is 2.43 bits per heavy atom. The Morgan fingerprint density at radius 1 is 1.21 bits per heavy atom. The number of rotatable bonds is 2. The van der Waals surface area contributed by atoms with E-state index < -0.39 is 12.2 Å². The summed E-state index contributed by atoms with van der Waals surface area (Å²) in [6, 6.07) is 9.28. The van der Waals surface area contributed by atoms with Crippen molar-refractivity contribution in [1.29, 1.82) is 0 Å². The topological polar surface area (TPSA) is 40.5 Å². The molecule has 2 heteroatoms. The van der Waals surface area contributed by atoms with Gasteiger partial charge in [-0.3, -0.25) is 0 Å². The lowest BCUT2D eigenvalue weighted by Crippen LogP contribution is -2.21. The summed E-state index contributed by atoms with van der Waals surface area (Å²) in [5, 5.41) is 18.4. The van der Waals surface area contributed by atoms with E-state index in [2.05, 4.69) is 18.4 Å². The molecule has 0 saturated carbocycles. The van der Waals surface area contributed by atoms with Gasteiger partial charge < -0.3 is 10.2 Å². The Labute approximate surface area is 83.5 Å². The first-order valence-corrected chi connectivity index (χ1v) is 4.29. The number of hydrogen-bond donors (Lipinski definition) is 2. The molecule has 2 N–H and O–H groups in total. The average Bonchev–Trinajstić information content (AvgIpc) is 2.26. The van der Waals surface area contributed by atoms with Gasteiger partial charge in [-0.05, 0) is 12.1 Å². The summed E-state index contributed by atoms with van der Waals surface area (Å²) < 4.78 is 0. The second-order valence-corrected chi connectivity index (χ2v) is 2.81. The standard InChI is InChI=1S/C12H12O2/c1-2-11(13)12(14)9-8-10-6-4-3-5-7-10/h2-7,11-14H,1H2/t11-,12-/m1/s1. The highest BCUT2D eigenvalue weighted by Gasteiger charge is 2.07. The quantitative estimate of drug-likeness (QED) is 0.536. The molecule has 1 aromatic carbocycles. The molecule has 0 radical (unpaired) electrons. The van der Waals surface area contributed by atoms with Gasteiger partial charge in [0.15, 0.2) is 0 Å². The molecule has 1 rings (SSSR count). The lowest BCUT2D eigenvalue weighted by atomic mass is 10.2. The minimum absolute atomic E-state index is 0.808. The van der Waals surface area contributed by atoms with E-state index in [0.717, 1.165) is 5.56 Å². The number of benzene rings is 1. The molecule has 2 nitrogen and oxygen atoms in total. The van der Waals surface area contributed by atoms with Gasteiger partial charge in [0.25, 0.3) is 0 Å². The molecule has 0 spiro atoms. The van der Waals surface area contributed by atoms with E-state index in [1.807, 2.05) is 30.3 Å². The fourth-order valence-corrected chi connectivity index (χ4v) is 0.893. The Hall–Kier alpha value is -1.56. The Morgan fingerprint density at radius 2 is 1.86 bits per heavy atom. The maximum atomic E-state index is 9.28.